The average molecular weight is 309 g/mol. The van der Waals surface area contributed by atoms with Crippen LogP contribution in [-0.4, -0.2) is 29.5 Å². The van der Waals surface area contributed by atoms with Crippen LogP contribution in [0, 0.1) is 17.8 Å². The number of rotatable bonds is 4. The fraction of sp³-hybridized carbons (Fsp3) is 0.500. The molecule has 3 rings (SSSR count). The number of nitrogens with one attached hydrogen (secondary N) is 1. The van der Waals surface area contributed by atoms with Crippen molar-refractivity contribution in [2.24, 2.45) is 17.8 Å². The summed E-state index contributed by atoms with van der Waals surface area (Å²) in [6, 6.07) is 5.64. The largest absolute Gasteiger partial charge is 0.478 e. The Morgan fingerprint density at radius 2 is 1.82 bits per heavy atom. The summed E-state index contributed by atoms with van der Waals surface area (Å²) in [5, 5.41) is 11.6. The van der Waals surface area contributed by atoms with Crippen molar-refractivity contribution in [3.63, 3.8) is 0 Å². The van der Waals surface area contributed by atoms with Gasteiger partial charge in [-0.3, -0.25) is 4.79 Å². The van der Waals surface area contributed by atoms with E-state index >= 15 is 0 Å². The van der Waals surface area contributed by atoms with Gasteiger partial charge in [0.1, 0.15) is 0 Å². The first-order valence-corrected chi connectivity index (χ1v) is 7.36. The second-order valence-electron chi connectivity index (χ2n) is 6.25. The molecule has 2 aliphatic carbocycles. The van der Waals surface area contributed by atoms with Gasteiger partial charge in [-0.05, 0) is 48.9 Å². The number of carboxylic acid groups (broad SMARTS) is 1. The molecule has 1 aromatic rings. The zero-order valence-electron chi connectivity index (χ0n) is 11.9. The first-order chi connectivity index (χ1) is 10.4. The van der Waals surface area contributed by atoms with E-state index in [1.165, 1.54) is 24.3 Å². The maximum atomic E-state index is 13.4. The SMILES string of the molecule is O=C(O)c1ccc(C(=O)NC[C@@H]2C[C@H]3C[C@@H]2CC3(F)F)cc1. The van der Waals surface area contributed by atoms with Crippen LogP contribution in [0.2, 0.25) is 0 Å². The number of hydrogen-bond acceptors (Lipinski definition) is 2. The summed E-state index contributed by atoms with van der Waals surface area (Å²) >= 11 is 0. The van der Waals surface area contributed by atoms with Gasteiger partial charge in [-0.1, -0.05) is 0 Å². The van der Waals surface area contributed by atoms with Gasteiger partial charge in [0, 0.05) is 24.4 Å². The van der Waals surface area contributed by atoms with E-state index in [1.807, 2.05) is 0 Å². The highest BCUT2D eigenvalue weighted by Gasteiger charge is 2.56. The summed E-state index contributed by atoms with van der Waals surface area (Å²) in [5.74, 6) is -4.30. The minimum Gasteiger partial charge on any atom is -0.478 e. The summed E-state index contributed by atoms with van der Waals surface area (Å²) in [4.78, 5) is 22.8. The Morgan fingerprint density at radius 1 is 1.18 bits per heavy atom. The van der Waals surface area contributed by atoms with Crippen LogP contribution in [-0.2, 0) is 0 Å². The van der Waals surface area contributed by atoms with E-state index in [0.717, 1.165) is 0 Å². The molecule has 118 valence electrons. The van der Waals surface area contributed by atoms with Gasteiger partial charge in [0.2, 0.25) is 0 Å². The third-order valence-corrected chi connectivity index (χ3v) is 4.89. The number of carboxylic acids is 1. The van der Waals surface area contributed by atoms with Gasteiger partial charge in [-0.15, -0.1) is 0 Å². The van der Waals surface area contributed by atoms with E-state index in [9.17, 15) is 18.4 Å². The summed E-state index contributed by atoms with van der Waals surface area (Å²) in [6.45, 7) is 0.400. The van der Waals surface area contributed by atoms with Gasteiger partial charge in [0.25, 0.3) is 11.8 Å². The van der Waals surface area contributed by atoms with Crippen LogP contribution in [0.1, 0.15) is 40.0 Å². The topological polar surface area (TPSA) is 66.4 Å². The van der Waals surface area contributed by atoms with Crippen LogP contribution >= 0.6 is 0 Å². The van der Waals surface area contributed by atoms with Crippen LogP contribution in [0.15, 0.2) is 24.3 Å². The van der Waals surface area contributed by atoms with Gasteiger partial charge in [0.15, 0.2) is 0 Å². The summed E-state index contributed by atoms with van der Waals surface area (Å²) < 4.78 is 26.9. The van der Waals surface area contributed by atoms with E-state index in [4.69, 9.17) is 5.11 Å². The third-order valence-electron chi connectivity index (χ3n) is 4.89. The molecule has 3 atom stereocenters. The second kappa shape index (κ2) is 5.34. The van der Waals surface area contributed by atoms with Gasteiger partial charge in [-0.2, -0.15) is 0 Å². The molecule has 0 saturated heterocycles. The Kier molecular flexibility index (Phi) is 3.62. The van der Waals surface area contributed by atoms with Crippen LogP contribution in [0.3, 0.4) is 0 Å². The Bertz CT molecular complexity index is 600. The standard InChI is InChI=1S/C16H17F2NO3/c17-16(18)7-11-5-13(16)6-12(11)8-19-14(20)9-1-3-10(4-2-9)15(21)22/h1-4,11-13H,5-8H2,(H,19,20)(H,21,22)/t11-,12+,13-/m1/s1. The normalized spacial score (nSPS) is 28.5. The molecule has 2 fully saturated rings. The quantitative estimate of drug-likeness (QED) is 0.899. The Hall–Kier alpha value is -1.98. The lowest BCUT2D eigenvalue weighted by Gasteiger charge is -2.27. The molecule has 0 aromatic heterocycles. The highest BCUT2D eigenvalue weighted by molar-refractivity contribution is 5.95. The molecule has 0 spiro atoms. The smallest absolute Gasteiger partial charge is 0.335 e. The van der Waals surface area contributed by atoms with E-state index in [1.54, 1.807) is 0 Å². The minimum atomic E-state index is -2.53. The van der Waals surface area contributed by atoms with E-state index in [0.29, 0.717) is 24.9 Å². The van der Waals surface area contributed by atoms with E-state index in [2.05, 4.69) is 5.32 Å². The molecule has 1 aromatic carbocycles. The summed E-state index contributed by atoms with van der Waals surface area (Å²) in [5.41, 5.74) is 0.491. The zero-order valence-corrected chi connectivity index (χ0v) is 11.9. The monoisotopic (exact) mass is 309 g/mol. The predicted octanol–water partition coefficient (Wildman–Crippen LogP) is 2.80. The number of carbonyl (C=O) groups is 2. The van der Waals surface area contributed by atoms with Crippen molar-refractivity contribution in [1.29, 1.82) is 0 Å². The number of alkyl halides is 2. The average Bonchev–Trinajstić information content (AvgIpc) is 3.00. The van der Waals surface area contributed by atoms with Crippen LogP contribution in [0.4, 0.5) is 8.78 Å². The van der Waals surface area contributed by atoms with Gasteiger partial charge in [0.05, 0.1) is 5.56 Å². The van der Waals surface area contributed by atoms with Gasteiger partial charge < -0.3 is 10.4 Å². The lowest BCUT2D eigenvalue weighted by atomic mass is 9.86. The number of carbonyl (C=O) groups excluding carboxylic acids is 1. The fourth-order valence-electron chi connectivity index (χ4n) is 3.66. The van der Waals surface area contributed by atoms with Crippen molar-refractivity contribution in [2.45, 2.75) is 25.2 Å². The number of amides is 1. The molecule has 4 nitrogen and oxygen atoms in total. The zero-order chi connectivity index (χ0) is 15.9. The van der Waals surface area contributed by atoms with E-state index < -0.39 is 17.8 Å². The molecule has 6 heteroatoms. The maximum Gasteiger partial charge on any atom is 0.335 e. The summed E-state index contributed by atoms with van der Waals surface area (Å²) in [6.07, 6.45) is 0.961. The number of hydrogen-bond donors (Lipinski definition) is 2. The number of aromatic carboxylic acids is 1. The molecule has 2 saturated carbocycles. The van der Waals surface area contributed by atoms with Crippen molar-refractivity contribution in [2.75, 3.05) is 6.54 Å². The van der Waals surface area contributed by atoms with Crippen LogP contribution in [0.25, 0.3) is 0 Å². The molecule has 22 heavy (non-hydrogen) atoms. The Labute approximate surface area is 126 Å². The molecule has 1 amide bonds. The second-order valence-corrected chi connectivity index (χ2v) is 6.25. The Balaban J connectivity index is 1.54. The van der Waals surface area contributed by atoms with Crippen molar-refractivity contribution in [3.8, 4) is 0 Å². The van der Waals surface area contributed by atoms with E-state index in [-0.39, 0.29) is 29.7 Å². The van der Waals surface area contributed by atoms with Crippen LogP contribution in [0.5, 0.6) is 0 Å². The van der Waals surface area contributed by atoms with Crippen molar-refractivity contribution in [1.82, 2.24) is 5.32 Å². The highest BCUT2D eigenvalue weighted by atomic mass is 19.3. The third kappa shape index (κ3) is 2.69. The van der Waals surface area contributed by atoms with Gasteiger partial charge >= 0.3 is 5.97 Å². The maximum absolute atomic E-state index is 13.4. The highest BCUT2D eigenvalue weighted by Crippen LogP contribution is 2.56. The van der Waals surface area contributed by atoms with Gasteiger partial charge in [-0.25, -0.2) is 13.6 Å². The molecular weight excluding hydrogens is 292 g/mol. The molecular formula is C16H17F2NO3. The molecule has 2 N–H and O–H groups in total. The Morgan fingerprint density at radius 3 is 2.32 bits per heavy atom. The molecule has 2 aliphatic rings. The summed E-state index contributed by atoms with van der Waals surface area (Å²) in [7, 11) is 0. The number of halogens is 2. The van der Waals surface area contributed by atoms with Crippen molar-refractivity contribution >= 4 is 11.9 Å². The number of fused-ring (bicyclic) bond motifs is 2. The number of benzene rings is 1. The lowest BCUT2D eigenvalue weighted by Crippen LogP contribution is -2.35. The fourth-order valence-corrected chi connectivity index (χ4v) is 3.66. The predicted molar refractivity (Wildman–Crippen MR) is 75.0 cm³/mol. The molecule has 0 radical (unpaired) electrons. The lowest BCUT2D eigenvalue weighted by molar-refractivity contribution is -0.0606. The van der Waals surface area contributed by atoms with Crippen LogP contribution < -0.4 is 5.32 Å². The van der Waals surface area contributed by atoms with Crippen molar-refractivity contribution < 1.29 is 23.5 Å². The first kappa shape index (κ1) is 14.9. The molecule has 0 aliphatic heterocycles. The molecule has 0 heterocycles. The van der Waals surface area contributed by atoms with Crippen molar-refractivity contribution in [3.05, 3.63) is 35.4 Å². The molecule has 2 bridgehead atoms. The first-order valence-electron chi connectivity index (χ1n) is 7.36. The minimum absolute atomic E-state index is 0.00492. The molecule has 0 unspecified atom stereocenters.